The van der Waals surface area contributed by atoms with Crippen LogP contribution in [0.15, 0.2) is 35.4 Å². The number of para-hydroxylation sites is 1. The summed E-state index contributed by atoms with van der Waals surface area (Å²) in [5.74, 6) is 1.06. The van der Waals surface area contributed by atoms with E-state index in [0.717, 1.165) is 18.8 Å². The molecule has 1 aromatic rings. The van der Waals surface area contributed by atoms with Gasteiger partial charge in [-0.3, -0.25) is 5.43 Å². The van der Waals surface area contributed by atoms with E-state index in [4.69, 9.17) is 0 Å². The van der Waals surface area contributed by atoms with Gasteiger partial charge in [-0.05, 0) is 19.2 Å². The molecule has 2 rings (SSSR count). The number of hydrazone groups is 1. The van der Waals surface area contributed by atoms with E-state index in [-0.39, 0.29) is 0 Å². The van der Waals surface area contributed by atoms with Crippen molar-refractivity contribution in [2.75, 3.05) is 25.6 Å². The first-order valence-electron chi connectivity index (χ1n) is 6.24. The first-order valence-corrected chi connectivity index (χ1v) is 6.24. The number of rotatable bonds is 2. The summed E-state index contributed by atoms with van der Waals surface area (Å²) in [4.78, 5) is 2.37. The molecule has 1 saturated heterocycles. The Bertz CT molecular complexity index is 372. The number of hydrogen-bond acceptors (Lipinski definition) is 3. The van der Waals surface area contributed by atoms with Crippen LogP contribution in [0.5, 0.6) is 0 Å². The molecule has 0 radical (unpaired) electrons. The van der Waals surface area contributed by atoms with Gasteiger partial charge in [0.2, 0.25) is 0 Å². The van der Waals surface area contributed by atoms with E-state index in [0.29, 0.717) is 11.8 Å². The minimum absolute atomic E-state index is 0.528. The third-order valence-corrected chi connectivity index (χ3v) is 3.27. The van der Waals surface area contributed by atoms with Crippen LogP contribution < -0.4 is 5.43 Å². The van der Waals surface area contributed by atoms with Crippen molar-refractivity contribution >= 4 is 11.4 Å². The first kappa shape index (κ1) is 12.1. The number of anilines is 1. The van der Waals surface area contributed by atoms with E-state index in [1.165, 1.54) is 5.71 Å². The zero-order valence-corrected chi connectivity index (χ0v) is 10.9. The molecule has 17 heavy (non-hydrogen) atoms. The summed E-state index contributed by atoms with van der Waals surface area (Å²) in [6.07, 6.45) is 0. The summed E-state index contributed by atoms with van der Waals surface area (Å²) in [6, 6.07) is 10.1. The molecule has 2 atom stereocenters. The first-order chi connectivity index (χ1) is 8.16. The van der Waals surface area contributed by atoms with Crippen molar-refractivity contribution in [3.63, 3.8) is 0 Å². The number of benzene rings is 1. The molecule has 0 amide bonds. The highest BCUT2D eigenvalue weighted by Gasteiger charge is 2.25. The van der Waals surface area contributed by atoms with Crippen LogP contribution in [0.25, 0.3) is 0 Å². The van der Waals surface area contributed by atoms with Gasteiger partial charge in [-0.15, -0.1) is 0 Å². The molecule has 0 aromatic heterocycles. The Morgan fingerprint density at radius 3 is 2.29 bits per heavy atom. The number of likely N-dealkylation sites (tertiary alicyclic amines) is 1. The predicted molar refractivity (Wildman–Crippen MR) is 73.3 cm³/mol. The fourth-order valence-electron chi connectivity index (χ4n) is 2.54. The highest BCUT2D eigenvalue weighted by Crippen LogP contribution is 2.18. The minimum atomic E-state index is 0.528. The molecule has 1 aliphatic heterocycles. The van der Waals surface area contributed by atoms with Crippen LogP contribution in [0.2, 0.25) is 0 Å². The largest absolute Gasteiger partial charge is 0.305 e. The summed E-state index contributed by atoms with van der Waals surface area (Å²) in [5.41, 5.74) is 5.50. The van der Waals surface area contributed by atoms with Crippen LogP contribution in [0, 0.1) is 11.8 Å². The molecule has 3 nitrogen and oxygen atoms in total. The van der Waals surface area contributed by atoms with Gasteiger partial charge in [-0.1, -0.05) is 32.0 Å². The maximum Gasteiger partial charge on any atom is 0.0561 e. The van der Waals surface area contributed by atoms with Crippen molar-refractivity contribution in [1.29, 1.82) is 0 Å². The van der Waals surface area contributed by atoms with Gasteiger partial charge < -0.3 is 4.90 Å². The molecule has 1 aromatic carbocycles. The van der Waals surface area contributed by atoms with Crippen molar-refractivity contribution in [3.05, 3.63) is 30.3 Å². The molecule has 1 aliphatic rings. The zero-order chi connectivity index (χ0) is 12.3. The lowest BCUT2D eigenvalue weighted by Gasteiger charge is -2.33. The average molecular weight is 231 g/mol. The standard InChI is InChI=1S/C14H21N3/c1-11-9-17(3)10-12(2)14(11)16-15-13-7-5-4-6-8-13/h4-8,11-12,15H,9-10H2,1-3H3. The van der Waals surface area contributed by atoms with Crippen LogP contribution in [-0.4, -0.2) is 30.7 Å². The lowest BCUT2D eigenvalue weighted by Crippen LogP contribution is -2.43. The average Bonchev–Trinajstić information content (AvgIpc) is 2.29. The van der Waals surface area contributed by atoms with E-state index in [9.17, 15) is 0 Å². The molecule has 0 aliphatic carbocycles. The number of nitrogens with one attached hydrogen (secondary N) is 1. The second-order valence-electron chi connectivity index (χ2n) is 5.04. The van der Waals surface area contributed by atoms with Crippen LogP contribution in [-0.2, 0) is 0 Å². The molecule has 1 fully saturated rings. The Labute approximate surface area is 104 Å². The lowest BCUT2D eigenvalue weighted by atomic mass is 9.90. The van der Waals surface area contributed by atoms with Gasteiger partial charge >= 0.3 is 0 Å². The van der Waals surface area contributed by atoms with Gasteiger partial charge in [-0.25, -0.2) is 0 Å². The third kappa shape index (κ3) is 3.07. The van der Waals surface area contributed by atoms with Gasteiger partial charge in [0.25, 0.3) is 0 Å². The van der Waals surface area contributed by atoms with Crippen molar-refractivity contribution < 1.29 is 0 Å². The Morgan fingerprint density at radius 1 is 1.12 bits per heavy atom. The maximum absolute atomic E-state index is 4.59. The van der Waals surface area contributed by atoms with E-state index < -0.39 is 0 Å². The Balaban J connectivity index is 2.06. The Hall–Kier alpha value is -1.35. The van der Waals surface area contributed by atoms with E-state index in [2.05, 4.69) is 36.3 Å². The monoisotopic (exact) mass is 231 g/mol. The second-order valence-corrected chi connectivity index (χ2v) is 5.04. The minimum Gasteiger partial charge on any atom is -0.305 e. The third-order valence-electron chi connectivity index (χ3n) is 3.27. The van der Waals surface area contributed by atoms with Crippen LogP contribution in [0.3, 0.4) is 0 Å². The molecule has 0 spiro atoms. The maximum atomic E-state index is 4.59. The van der Waals surface area contributed by atoms with Gasteiger partial charge in [0.05, 0.1) is 5.69 Å². The fourth-order valence-corrected chi connectivity index (χ4v) is 2.54. The summed E-state index contributed by atoms with van der Waals surface area (Å²) < 4.78 is 0. The molecule has 1 N–H and O–H groups in total. The van der Waals surface area contributed by atoms with E-state index in [1.807, 2.05) is 30.3 Å². The molecule has 0 saturated carbocycles. The van der Waals surface area contributed by atoms with Crippen LogP contribution >= 0.6 is 0 Å². The zero-order valence-electron chi connectivity index (χ0n) is 10.9. The van der Waals surface area contributed by atoms with Gasteiger partial charge in [0.1, 0.15) is 0 Å². The fraction of sp³-hybridized carbons (Fsp3) is 0.500. The molecule has 2 unspecified atom stereocenters. The topological polar surface area (TPSA) is 27.6 Å². The quantitative estimate of drug-likeness (QED) is 0.792. The predicted octanol–water partition coefficient (Wildman–Crippen LogP) is 2.67. The Morgan fingerprint density at radius 2 is 1.71 bits per heavy atom. The van der Waals surface area contributed by atoms with Gasteiger partial charge in [-0.2, -0.15) is 5.10 Å². The normalized spacial score (nSPS) is 25.7. The van der Waals surface area contributed by atoms with Crippen molar-refractivity contribution in [1.82, 2.24) is 4.90 Å². The van der Waals surface area contributed by atoms with Crippen LogP contribution in [0.4, 0.5) is 5.69 Å². The molecular weight excluding hydrogens is 210 g/mol. The highest BCUT2D eigenvalue weighted by molar-refractivity contribution is 5.90. The second kappa shape index (κ2) is 5.32. The van der Waals surface area contributed by atoms with E-state index >= 15 is 0 Å². The molecule has 0 bridgehead atoms. The SMILES string of the molecule is CC1CN(C)CC(C)C1=NNc1ccccc1. The van der Waals surface area contributed by atoms with Crippen molar-refractivity contribution in [2.24, 2.45) is 16.9 Å². The van der Waals surface area contributed by atoms with Crippen molar-refractivity contribution in [2.45, 2.75) is 13.8 Å². The van der Waals surface area contributed by atoms with Gasteiger partial charge in [0.15, 0.2) is 0 Å². The van der Waals surface area contributed by atoms with E-state index in [1.54, 1.807) is 0 Å². The molecule has 1 heterocycles. The number of hydrogen-bond donors (Lipinski definition) is 1. The lowest BCUT2D eigenvalue weighted by molar-refractivity contribution is 0.265. The summed E-state index contributed by atoms with van der Waals surface area (Å²) >= 11 is 0. The molecular formula is C14H21N3. The molecule has 92 valence electrons. The van der Waals surface area contributed by atoms with Crippen molar-refractivity contribution in [3.8, 4) is 0 Å². The van der Waals surface area contributed by atoms with Crippen LogP contribution in [0.1, 0.15) is 13.8 Å². The smallest absolute Gasteiger partial charge is 0.0561 e. The van der Waals surface area contributed by atoms with Gasteiger partial charge in [0, 0.05) is 30.6 Å². The summed E-state index contributed by atoms with van der Waals surface area (Å²) in [5, 5.41) is 4.59. The summed E-state index contributed by atoms with van der Waals surface area (Å²) in [6.45, 7) is 6.69. The molecule has 3 heteroatoms. The number of piperidine rings is 1. The Kier molecular flexibility index (Phi) is 3.79. The summed E-state index contributed by atoms with van der Waals surface area (Å²) in [7, 11) is 2.18. The number of nitrogens with zero attached hydrogens (tertiary/aromatic N) is 2. The highest BCUT2D eigenvalue weighted by atomic mass is 15.3.